The second-order valence-electron chi connectivity index (χ2n) is 10.6. The van der Waals surface area contributed by atoms with Crippen LogP contribution in [0.1, 0.15) is 86.1 Å². The predicted octanol–water partition coefficient (Wildman–Crippen LogP) is 5.43. The van der Waals surface area contributed by atoms with Gasteiger partial charge in [0.2, 0.25) is 11.8 Å². The minimum absolute atomic E-state index is 0.105. The molecule has 5 rings (SSSR count). The van der Waals surface area contributed by atoms with Gasteiger partial charge in [0.05, 0.1) is 36.7 Å². The summed E-state index contributed by atoms with van der Waals surface area (Å²) in [6, 6.07) is 5.22. The molecule has 2 aliphatic carbocycles. The SMILES string of the molecule is FC1(F)CCCCC1.O=C(CCC(F)(F)F)NCc1ccc2nc(CNC(=O)c3cnn(CCC4CC4)n3)[nH]c2c1. The second kappa shape index (κ2) is 13.4. The number of aromatic nitrogens is 5. The minimum Gasteiger partial charge on any atom is -0.352 e. The van der Waals surface area contributed by atoms with E-state index in [4.69, 9.17) is 0 Å². The van der Waals surface area contributed by atoms with E-state index in [1.54, 1.807) is 18.2 Å². The predicted molar refractivity (Wildman–Crippen MR) is 140 cm³/mol. The van der Waals surface area contributed by atoms with E-state index in [0.29, 0.717) is 41.8 Å². The topological polar surface area (TPSA) is 118 Å². The van der Waals surface area contributed by atoms with Gasteiger partial charge in [-0.25, -0.2) is 13.8 Å². The molecule has 0 unspecified atom stereocenters. The Bertz CT molecular complexity index is 1310. The third-order valence-electron chi connectivity index (χ3n) is 6.93. The Hall–Kier alpha value is -3.58. The van der Waals surface area contributed by atoms with Crippen molar-refractivity contribution in [3.05, 3.63) is 41.5 Å². The quantitative estimate of drug-likeness (QED) is 0.275. The molecule has 14 heteroatoms. The van der Waals surface area contributed by atoms with Gasteiger partial charge in [-0.1, -0.05) is 25.3 Å². The van der Waals surface area contributed by atoms with Gasteiger partial charge in [-0.3, -0.25) is 9.59 Å². The van der Waals surface area contributed by atoms with E-state index < -0.39 is 30.8 Å². The first-order valence-corrected chi connectivity index (χ1v) is 13.8. The molecule has 2 heterocycles. The molecule has 0 bridgehead atoms. The van der Waals surface area contributed by atoms with E-state index >= 15 is 0 Å². The fraction of sp³-hybridized carbons (Fsp3) is 0.593. The molecule has 2 aliphatic rings. The van der Waals surface area contributed by atoms with Gasteiger partial charge in [-0.15, -0.1) is 5.10 Å². The molecular weight excluding hydrogens is 549 g/mol. The van der Waals surface area contributed by atoms with E-state index in [1.165, 1.54) is 23.8 Å². The molecule has 2 saturated carbocycles. The highest BCUT2D eigenvalue weighted by Gasteiger charge is 2.30. The summed E-state index contributed by atoms with van der Waals surface area (Å²) in [5.41, 5.74) is 2.31. The molecule has 0 aliphatic heterocycles. The van der Waals surface area contributed by atoms with Crippen molar-refractivity contribution in [3.63, 3.8) is 0 Å². The Balaban J connectivity index is 0.000000417. The number of carbonyl (C=O) groups is 2. The smallest absolute Gasteiger partial charge is 0.352 e. The Kier molecular flexibility index (Phi) is 9.92. The normalized spacial score (nSPS) is 16.6. The Morgan fingerprint density at radius 1 is 1.07 bits per heavy atom. The zero-order valence-corrected chi connectivity index (χ0v) is 22.6. The van der Waals surface area contributed by atoms with E-state index in [-0.39, 0.29) is 37.5 Å². The lowest BCUT2D eigenvalue weighted by Gasteiger charge is -2.20. The molecule has 0 radical (unpaired) electrons. The number of amides is 2. The number of hydrogen-bond donors (Lipinski definition) is 3. The van der Waals surface area contributed by atoms with Crippen molar-refractivity contribution in [2.75, 3.05) is 0 Å². The van der Waals surface area contributed by atoms with E-state index in [9.17, 15) is 31.5 Å². The number of imidazole rings is 1. The van der Waals surface area contributed by atoms with Gasteiger partial charge < -0.3 is 15.6 Å². The van der Waals surface area contributed by atoms with Gasteiger partial charge in [-0.05, 0) is 42.9 Å². The summed E-state index contributed by atoms with van der Waals surface area (Å²) >= 11 is 0. The Labute approximate surface area is 233 Å². The van der Waals surface area contributed by atoms with Crippen molar-refractivity contribution in [2.24, 2.45) is 5.92 Å². The van der Waals surface area contributed by atoms with Crippen LogP contribution in [0, 0.1) is 5.92 Å². The van der Waals surface area contributed by atoms with Crippen LogP contribution < -0.4 is 10.6 Å². The zero-order valence-electron chi connectivity index (χ0n) is 22.6. The summed E-state index contributed by atoms with van der Waals surface area (Å²) in [5, 5.41) is 13.6. The summed E-state index contributed by atoms with van der Waals surface area (Å²) in [4.78, 5) is 33.0. The lowest BCUT2D eigenvalue weighted by atomic mass is 9.97. The van der Waals surface area contributed by atoms with Gasteiger partial charge in [-0.2, -0.15) is 23.1 Å². The second-order valence-corrected chi connectivity index (χ2v) is 10.6. The molecule has 3 aromatic rings. The molecular formula is C27H34F5N7O2. The number of fused-ring (bicyclic) bond motifs is 1. The molecule has 224 valence electrons. The average Bonchev–Trinajstić information content (AvgIpc) is 3.47. The fourth-order valence-corrected chi connectivity index (χ4v) is 4.38. The van der Waals surface area contributed by atoms with Crippen molar-refractivity contribution in [1.29, 1.82) is 0 Å². The fourth-order valence-electron chi connectivity index (χ4n) is 4.38. The maximum absolute atomic E-state index is 12.3. The monoisotopic (exact) mass is 583 g/mol. The first kappa shape index (κ1) is 30.4. The highest BCUT2D eigenvalue weighted by Crippen LogP contribution is 2.33. The van der Waals surface area contributed by atoms with Crippen molar-refractivity contribution in [1.82, 2.24) is 35.6 Å². The molecule has 0 saturated heterocycles. The standard InChI is InChI=1S/C21H24F3N7O2.C6H10F2/c22-21(23,24)7-5-19(32)25-10-14-3-4-15-16(9-14)29-18(28-15)12-26-20(33)17-11-27-31(30-17)8-6-13-1-2-13;7-6(8)4-2-1-3-5-6/h3-4,9,11,13H,1-2,5-8,10,12H2,(H,25,32)(H,26,33)(H,28,29);1-5H2. The lowest BCUT2D eigenvalue weighted by molar-refractivity contribution is -0.144. The Morgan fingerprint density at radius 3 is 2.49 bits per heavy atom. The number of alkyl halides is 5. The maximum Gasteiger partial charge on any atom is 0.389 e. The summed E-state index contributed by atoms with van der Waals surface area (Å²) in [7, 11) is 0. The third-order valence-corrected chi connectivity index (χ3v) is 6.93. The van der Waals surface area contributed by atoms with E-state index in [2.05, 4.69) is 30.8 Å². The van der Waals surface area contributed by atoms with Crippen molar-refractivity contribution in [3.8, 4) is 0 Å². The van der Waals surface area contributed by atoms with E-state index in [0.717, 1.165) is 18.8 Å². The first-order chi connectivity index (χ1) is 19.5. The molecule has 2 fully saturated rings. The molecule has 2 aromatic heterocycles. The van der Waals surface area contributed by atoms with Crippen LogP contribution in [0.3, 0.4) is 0 Å². The van der Waals surface area contributed by atoms with Gasteiger partial charge in [0.1, 0.15) is 5.82 Å². The molecule has 2 amide bonds. The van der Waals surface area contributed by atoms with Gasteiger partial charge in [0, 0.05) is 25.8 Å². The number of H-pyrrole nitrogens is 1. The number of benzene rings is 1. The van der Waals surface area contributed by atoms with Crippen LogP contribution in [-0.4, -0.2) is 48.9 Å². The van der Waals surface area contributed by atoms with Crippen LogP contribution in [0.25, 0.3) is 11.0 Å². The highest BCUT2D eigenvalue weighted by atomic mass is 19.4. The van der Waals surface area contributed by atoms with Crippen LogP contribution >= 0.6 is 0 Å². The number of nitrogens with one attached hydrogen (secondary N) is 3. The highest BCUT2D eigenvalue weighted by molar-refractivity contribution is 5.91. The van der Waals surface area contributed by atoms with Crippen molar-refractivity contribution in [2.45, 2.75) is 95.9 Å². The summed E-state index contributed by atoms with van der Waals surface area (Å²) in [6.07, 6.45) is 1.52. The van der Waals surface area contributed by atoms with Crippen LogP contribution in [0.15, 0.2) is 24.4 Å². The van der Waals surface area contributed by atoms with Crippen molar-refractivity contribution >= 4 is 22.8 Å². The average molecular weight is 584 g/mol. The van der Waals surface area contributed by atoms with Gasteiger partial charge >= 0.3 is 6.18 Å². The van der Waals surface area contributed by atoms with Crippen LogP contribution in [0.5, 0.6) is 0 Å². The molecule has 0 atom stereocenters. The first-order valence-electron chi connectivity index (χ1n) is 13.8. The number of aromatic amines is 1. The largest absolute Gasteiger partial charge is 0.389 e. The van der Waals surface area contributed by atoms with Gasteiger partial charge in [0.15, 0.2) is 5.69 Å². The van der Waals surface area contributed by atoms with Crippen LogP contribution in [-0.2, 0) is 24.4 Å². The van der Waals surface area contributed by atoms with Crippen LogP contribution in [0.4, 0.5) is 22.0 Å². The summed E-state index contributed by atoms with van der Waals surface area (Å²) in [5.74, 6) is -2.04. The molecule has 0 spiro atoms. The number of carbonyl (C=O) groups excluding carboxylic acids is 2. The molecule has 9 nitrogen and oxygen atoms in total. The third kappa shape index (κ3) is 10.4. The molecule has 1 aromatic carbocycles. The maximum atomic E-state index is 12.3. The van der Waals surface area contributed by atoms with Crippen molar-refractivity contribution < 1.29 is 31.5 Å². The number of halogens is 5. The Morgan fingerprint density at radius 2 is 1.83 bits per heavy atom. The summed E-state index contributed by atoms with van der Waals surface area (Å²) in [6.45, 7) is 0.965. The number of aryl methyl sites for hydroxylation is 1. The van der Waals surface area contributed by atoms with E-state index in [1.807, 2.05) is 0 Å². The van der Waals surface area contributed by atoms with Crippen LogP contribution in [0.2, 0.25) is 0 Å². The number of rotatable bonds is 10. The molecule has 41 heavy (non-hydrogen) atoms. The number of nitrogens with zero attached hydrogens (tertiary/aromatic N) is 4. The minimum atomic E-state index is -4.36. The number of hydrogen-bond acceptors (Lipinski definition) is 5. The summed E-state index contributed by atoms with van der Waals surface area (Å²) < 4.78 is 61.0. The van der Waals surface area contributed by atoms with Gasteiger partial charge in [0.25, 0.3) is 5.91 Å². The molecule has 3 N–H and O–H groups in total. The lowest BCUT2D eigenvalue weighted by Crippen LogP contribution is -2.24. The zero-order chi connectivity index (χ0) is 29.5.